The van der Waals surface area contributed by atoms with Gasteiger partial charge in [-0.2, -0.15) is 0 Å². The van der Waals surface area contributed by atoms with Gasteiger partial charge in [-0.05, 0) is 69.9 Å². The molecule has 0 saturated heterocycles. The Bertz CT molecular complexity index is 580. The zero-order chi connectivity index (χ0) is 17.3. The molecule has 0 aliphatic heterocycles. The Labute approximate surface area is 170 Å². The normalized spacial score (nSPS) is 17.4. The van der Waals surface area contributed by atoms with Crippen molar-refractivity contribution in [3.8, 4) is 0 Å². The zero-order valence-electron chi connectivity index (χ0n) is 14.2. The van der Waals surface area contributed by atoms with Gasteiger partial charge in [-0.3, -0.25) is 0 Å². The Hall–Kier alpha value is -0.941. The molecule has 2 fully saturated rings. The Morgan fingerprint density at radius 3 is 1.42 bits per heavy atom. The minimum Gasteiger partial charge on any atom is -0.303 e. The Balaban J connectivity index is 0.000000258. The van der Waals surface area contributed by atoms with Crippen molar-refractivity contribution in [2.45, 2.75) is 0 Å². The van der Waals surface area contributed by atoms with Gasteiger partial charge in [-0.1, -0.05) is 60.7 Å². The largest absolute Gasteiger partial charge is 2.00 e. The fraction of sp³-hybridized carbons (Fsp3) is 0. The minimum absolute atomic E-state index is 0. The molecule has 26 heavy (non-hydrogen) atoms. The van der Waals surface area contributed by atoms with E-state index < -0.39 is 7.92 Å². The maximum absolute atomic E-state index is 9.87. The molecule has 0 amide bonds. The third-order valence-electron chi connectivity index (χ3n) is 3.76. The second kappa shape index (κ2) is 11.7. The van der Waals surface area contributed by atoms with Gasteiger partial charge < -0.3 is 4.79 Å². The van der Waals surface area contributed by atoms with Crippen molar-refractivity contribution in [2.75, 3.05) is 0 Å². The second-order valence-corrected chi connectivity index (χ2v) is 7.71. The summed E-state index contributed by atoms with van der Waals surface area (Å²) in [6.45, 7) is 0. The Kier molecular flexibility index (Phi) is 9.62. The number of benzene rings is 2. The first kappa shape index (κ1) is 21.4. The topological polar surface area (TPSA) is 17.1 Å². The van der Waals surface area contributed by atoms with Crippen molar-refractivity contribution in [3.05, 3.63) is 124 Å². The van der Waals surface area contributed by atoms with Gasteiger partial charge in [0.2, 0.25) is 0 Å². The average molecular weight is 398 g/mol. The first-order valence-electron chi connectivity index (χ1n) is 8.17. The third kappa shape index (κ3) is 6.05. The molecular weight excluding hydrogens is 379 g/mol. The quantitative estimate of drug-likeness (QED) is 0.431. The van der Waals surface area contributed by atoms with Crippen LogP contribution in [0.4, 0.5) is 0 Å². The van der Waals surface area contributed by atoms with E-state index in [-0.39, 0.29) is 17.1 Å². The van der Waals surface area contributed by atoms with Gasteiger partial charge >= 0.3 is 17.1 Å². The summed E-state index contributed by atoms with van der Waals surface area (Å²) >= 11 is 0. The van der Waals surface area contributed by atoms with E-state index in [0.717, 1.165) is 12.2 Å². The molecule has 3 heteroatoms. The van der Waals surface area contributed by atoms with Crippen LogP contribution in [0.1, 0.15) is 0 Å². The van der Waals surface area contributed by atoms with Crippen LogP contribution < -0.4 is 10.6 Å². The van der Waals surface area contributed by atoms with Gasteiger partial charge in [0.05, 0.1) is 0 Å². The van der Waals surface area contributed by atoms with Crippen LogP contribution in [-0.2, 0) is 21.9 Å². The van der Waals surface area contributed by atoms with Gasteiger partial charge in [0.25, 0.3) is 0 Å². The summed E-state index contributed by atoms with van der Waals surface area (Å²) in [6, 6.07) is 21.6. The molecule has 0 aromatic heterocycles. The van der Waals surface area contributed by atoms with E-state index in [1.54, 1.807) is 12.8 Å². The number of rotatable bonds is 4. The molecule has 128 valence electrons. The van der Waals surface area contributed by atoms with Crippen molar-refractivity contribution >= 4 is 24.8 Å². The first-order chi connectivity index (χ1) is 12.4. The molecule has 0 bridgehead atoms. The summed E-state index contributed by atoms with van der Waals surface area (Å²) in [4.78, 5) is 9.87. The van der Waals surface area contributed by atoms with Crippen LogP contribution in [0.25, 0.3) is 0 Å². The van der Waals surface area contributed by atoms with E-state index in [0.29, 0.717) is 0 Å². The second-order valence-electron chi connectivity index (χ2n) is 5.49. The van der Waals surface area contributed by atoms with Crippen LogP contribution in [0.3, 0.4) is 0 Å². The summed E-state index contributed by atoms with van der Waals surface area (Å²) in [5.74, 6) is 0.750. The summed E-state index contributed by atoms with van der Waals surface area (Å²) in [7, 11) is -0.409. The molecule has 1 nitrogen and oxygen atoms in total. The molecule has 0 heterocycles. The molecule has 0 spiro atoms. The number of hydrogen-bond acceptors (Lipinski definition) is 1. The summed E-state index contributed by atoms with van der Waals surface area (Å²) in [5, 5.41) is 2.81. The monoisotopic (exact) mass is 398 g/mol. The molecule has 2 aliphatic carbocycles. The predicted octanol–water partition coefficient (Wildman–Crippen LogP) is 4.07. The molecule has 0 N–H and O–H groups in total. The van der Waals surface area contributed by atoms with E-state index in [1.165, 1.54) is 16.3 Å². The first-order valence-corrected chi connectivity index (χ1v) is 9.51. The number of aldehydes is 1. The average Bonchev–Trinajstić information content (AvgIpc) is 3.38. The molecule has 2 aliphatic rings. The van der Waals surface area contributed by atoms with Crippen LogP contribution >= 0.6 is 7.92 Å². The number of carbonyl (C=O) groups is 1. The van der Waals surface area contributed by atoms with Crippen LogP contribution in [0.15, 0.2) is 60.7 Å². The van der Waals surface area contributed by atoms with E-state index >= 15 is 0 Å². The Morgan fingerprint density at radius 2 is 1.04 bits per heavy atom. The van der Waals surface area contributed by atoms with Crippen molar-refractivity contribution in [3.63, 3.8) is 0 Å². The molecule has 10 radical (unpaired) electrons. The van der Waals surface area contributed by atoms with Crippen molar-refractivity contribution in [2.24, 2.45) is 0 Å². The summed E-state index contributed by atoms with van der Waals surface area (Å²) < 4.78 is 0. The SMILES string of the molecule is O=C[C]1[CH][CH][CH][CH]1.[CH]1[CH][CH][C](P(c2ccccc2)c2ccccc2)[CH]1.[Fe+2]. The van der Waals surface area contributed by atoms with Crippen LogP contribution in [0.2, 0.25) is 0 Å². The molecule has 0 unspecified atom stereocenters. The fourth-order valence-corrected chi connectivity index (χ4v) is 4.89. The summed E-state index contributed by atoms with van der Waals surface area (Å²) in [5.41, 5.74) is 1.42. The maximum atomic E-state index is 9.87. The molecule has 0 atom stereocenters. The van der Waals surface area contributed by atoms with Crippen LogP contribution in [0, 0.1) is 62.9 Å². The standard InChI is InChI=1S/C17H14P.C6H5O.Fe/c1-3-9-15(10-4-1)18(17-13-7-8-14-17)16-11-5-2-6-12-16;7-5-6-3-1-2-4-6;/h1-14H;1-5H;/q;;+2. The minimum atomic E-state index is -0.409. The van der Waals surface area contributed by atoms with E-state index in [1.807, 2.05) is 12.8 Å². The number of carbonyl (C=O) groups excluding carboxylic acids is 1. The maximum Gasteiger partial charge on any atom is 2.00 e. The van der Waals surface area contributed by atoms with Gasteiger partial charge in [0.1, 0.15) is 6.29 Å². The molecule has 2 aromatic rings. The van der Waals surface area contributed by atoms with Crippen LogP contribution in [-0.4, -0.2) is 6.29 Å². The fourth-order valence-electron chi connectivity index (χ4n) is 2.58. The van der Waals surface area contributed by atoms with Gasteiger partial charge in [-0.15, -0.1) is 0 Å². The smallest absolute Gasteiger partial charge is 0.303 e. The van der Waals surface area contributed by atoms with Gasteiger partial charge in [-0.25, -0.2) is 0 Å². The molecule has 2 saturated carbocycles. The zero-order valence-corrected chi connectivity index (χ0v) is 16.2. The van der Waals surface area contributed by atoms with E-state index in [4.69, 9.17) is 0 Å². The predicted molar refractivity (Wildman–Crippen MR) is 106 cm³/mol. The summed E-state index contributed by atoms with van der Waals surface area (Å²) in [6.07, 6.45) is 16.7. The van der Waals surface area contributed by atoms with Crippen molar-refractivity contribution < 1.29 is 21.9 Å². The number of hydrogen-bond donors (Lipinski definition) is 0. The van der Waals surface area contributed by atoms with E-state index in [9.17, 15) is 4.79 Å². The molecular formula is C23H19FeOP+2. The van der Waals surface area contributed by atoms with Crippen molar-refractivity contribution in [1.82, 2.24) is 0 Å². The van der Waals surface area contributed by atoms with Gasteiger partial charge in [0, 0.05) is 11.6 Å². The third-order valence-corrected chi connectivity index (χ3v) is 6.20. The molecule has 2 aromatic carbocycles. The van der Waals surface area contributed by atoms with Crippen molar-refractivity contribution in [1.29, 1.82) is 0 Å². The van der Waals surface area contributed by atoms with Crippen LogP contribution in [0.5, 0.6) is 0 Å². The van der Waals surface area contributed by atoms with Gasteiger partial charge in [0.15, 0.2) is 0 Å². The molecule has 4 rings (SSSR count). The Morgan fingerprint density at radius 1 is 0.615 bits per heavy atom. The van der Waals surface area contributed by atoms with E-state index in [2.05, 4.69) is 86.3 Å².